The second-order valence-corrected chi connectivity index (χ2v) is 7.38. The van der Waals surface area contributed by atoms with Crippen molar-refractivity contribution < 1.29 is 13.2 Å². The Labute approximate surface area is 137 Å². The third-order valence-corrected chi connectivity index (χ3v) is 6.06. The van der Waals surface area contributed by atoms with Crippen LogP contribution < -0.4 is 4.74 Å². The number of ether oxygens (including phenoxy) is 1. The highest BCUT2D eigenvalue weighted by Gasteiger charge is 2.26. The highest BCUT2D eigenvalue weighted by atomic mass is 32.2. The fourth-order valence-corrected chi connectivity index (χ4v) is 4.25. The van der Waals surface area contributed by atoms with Crippen molar-refractivity contribution in [2.45, 2.75) is 32.2 Å². The zero-order chi connectivity index (χ0) is 17.2. The highest BCUT2D eigenvalue weighted by Crippen LogP contribution is 2.29. The van der Waals surface area contributed by atoms with Gasteiger partial charge in [0.1, 0.15) is 5.75 Å². The first-order valence-corrected chi connectivity index (χ1v) is 8.87. The summed E-state index contributed by atoms with van der Waals surface area (Å²) < 4.78 is 34.4. The summed E-state index contributed by atoms with van der Waals surface area (Å²) in [6, 6.07) is 3.32. The number of hydrogen-bond acceptors (Lipinski definition) is 4. The van der Waals surface area contributed by atoms with E-state index in [-0.39, 0.29) is 0 Å². The van der Waals surface area contributed by atoms with Crippen LogP contribution >= 0.6 is 0 Å². The van der Waals surface area contributed by atoms with E-state index in [2.05, 4.69) is 5.10 Å². The maximum absolute atomic E-state index is 13.0. The predicted octanol–water partition coefficient (Wildman–Crippen LogP) is 2.26. The molecule has 2 aromatic rings. The van der Waals surface area contributed by atoms with E-state index in [1.165, 1.54) is 4.31 Å². The van der Waals surface area contributed by atoms with E-state index >= 15 is 0 Å². The molecule has 0 bridgehead atoms. The first-order valence-electron chi connectivity index (χ1n) is 7.43. The van der Waals surface area contributed by atoms with Crippen LogP contribution in [0.5, 0.6) is 5.75 Å². The van der Waals surface area contributed by atoms with Crippen molar-refractivity contribution in [2.24, 2.45) is 7.05 Å². The van der Waals surface area contributed by atoms with Crippen LogP contribution in [-0.4, -0.2) is 36.2 Å². The molecule has 0 amide bonds. The van der Waals surface area contributed by atoms with Crippen LogP contribution in [0, 0.1) is 13.8 Å². The maximum atomic E-state index is 13.0. The van der Waals surface area contributed by atoms with Gasteiger partial charge in [-0.15, -0.1) is 0 Å². The molecule has 1 aromatic heterocycles. The minimum Gasteiger partial charge on any atom is -0.496 e. The number of aryl methyl sites for hydroxylation is 1. The van der Waals surface area contributed by atoms with Gasteiger partial charge >= 0.3 is 0 Å². The molecule has 0 saturated carbocycles. The van der Waals surface area contributed by atoms with Crippen LogP contribution in [0.4, 0.5) is 0 Å². The summed E-state index contributed by atoms with van der Waals surface area (Å²) in [5.74, 6) is 0.691. The Morgan fingerprint density at radius 3 is 2.48 bits per heavy atom. The normalized spacial score (nSPS) is 11.9. The fraction of sp³-hybridized carbons (Fsp3) is 0.438. The third-order valence-electron chi connectivity index (χ3n) is 4.00. The molecule has 0 N–H and O–H groups in total. The van der Waals surface area contributed by atoms with E-state index in [0.29, 0.717) is 29.3 Å². The second-order valence-electron chi connectivity index (χ2n) is 5.47. The SMILES string of the molecule is CCN(Cc1cnn(C)c1)S(=O)(=O)c1ccc(OC)c(C)c1C. The van der Waals surface area contributed by atoms with E-state index in [1.54, 1.807) is 30.1 Å². The molecule has 0 radical (unpaired) electrons. The number of hydrogen-bond donors (Lipinski definition) is 0. The lowest BCUT2D eigenvalue weighted by Crippen LogP contribution is -2.31. The summed E-state index contributed by atoms with van der Waals surface area (Å²) in [4.78, 5) is 0.321. The molecular weight excluding hydrogens is 314 g/mol. The Morgan fingerprint density at radius 1 is 1.26 bits per heavy atom. The summed E-state index contributed by atoms with van der Waals surface area (Å²) in [5, 5.41) is 4.09. The van der Waals surface area contributed by atoms with E-state index in [1.807, 2.05) is 34.0 Å². The van der Waals surface area contributed by atoms with E-state index in [0.717, 1.165) is 11.1 Å². The molecule has 0 fully saturated rings. The topological polar surface area (TPSA) is 64.4 Å². The fourth-order valence-electron chi connectivity index (χ4n) is 2.53. The van der Waals surface area contributed by atoms with Gasteiger partial charge in [-0.05, 0) is 37.1 Å². The lowest BCUT2D eigenvalue weighted by molar-refractivity contribution is 0.409. The molecular formula is C16H23N3O3S. The molecule has 0 aliphatic rings. The predicted molar refractivity (Wildman–Crippen MR) is 88.9 cm³/mol. The molecule has 0 saturated heterocycles. The first kappa shape index (κ1) is 17.5. The van der Waals surface area contributed by atoms with Crippen molar-refractivity contribution >= 4 is 10.0 Å². The summed E-state index contributed by atoms with van der Waals surface area (Å²) in [5.41, 5.74) is 2.42. The molecule has 23 heavy (non-hydrogen) atoms. The Hall–Kier alpha value is -1.86. The molecule has 126 valence electrons. The Morgan fingerprint density at radius 2 is 1.96 bits per heavy atom. The molecule has 0 spiro atoms. The molecule has 6 nitrogen and oxygen atoms in total. The minimum absolute atomic E-state index is 0.303. The van der Waals surface area contributed by atoms with Gasteiger partial charge < -0.3 is 4.74 Å². The van der Waals surface area contributed by atoms with E-state index < -0.39 is 10.0 Å². The molecule has 7 heteroatoms. The number of nitrogens with zero attached hydrogens (tertiary/aromatic N) is 3. The van der Waals surface area contributed by atoms with Crippen LogP contribution in [0.15, 0.2) is 29.4 Å². The van der Waals surface area contributed by atoms with Crippen molar-refractivity contribution in [3.8, 4) is 5.75 Å². The van der Waals surface area contributed by atoms with Crippen LogP contribution in [0.1, 0.15) is 23.6 Å². The van der Waals surface area contributed by atoms with E-state index in [9.17, 15) is 8.42 Å². The summed E-state index contributed by atoms with van der Waals surface area (Å²) in [6.07, 6.45) is 3.51. The van der Waals surface area contributed by atoms with Gasteiger partial charge in [0.25, 0.3) is 0 Å². The largest absolute Gasteiger partial charge is 0.496 e. The Balaban J connectivity index is 2.41. The number of sulfonamides is 1. The lowest BCUT2D eigenvalue weighted by atomic mass is 10.1. The van der Waals surface area contributed by atoms with Crippen LogP contribution in [0.2, 0.25) is 0 Å². The van der Waals surface area contributed by atoms with Gasteiger partial charge in [0.2, 0.25) is 10.0 Å². The van der Waals surface area contributed by atoms with Gasteiger partial charge in [-0.25, -0.2) is 8.42 Å². The zero-order valence-corrected chi connectivity index (χ0v) is 15.0. The van der Waals surface area contributed by atoms with Gasteiger partial charge in [0.05, 0.1) is 18.2 Å². The number of benzene rings is 1. The highest BCUT2D eigenvalue weighted by molar-refractivity contribution is 7.89. The van der Waals surface area contributed by atoms with Crippen LogP contribution in [-0.2, 0) is 23.6 Å². The van der Waals surface area contributed by atoms with Gasteiger partial charge in [0, 0.05) is 31.9 Å². The molecule has 2 rings (SSSR count). The summed E-state index contributed by atoms with van der Waals surface area (Å²) in [6.45, 7) is 6.20. The number of rotatable bonds is 6. The van der Waals surface area contributed by atoms with Gasteiger partial charge in [-0.1, -0.05) is 6.92 Å². The van der Waals surface area contributed by atoms with Gasteiger partial charge in [-0.3, -0.25) is 4.68 Å². The van der Waals surface area contributed by atoms with Crippen LogP contribution in [0.25, 0.3) is 0 Å². The molecule has 0 unspecified atom stereocenters. The van der Waals surface area contributed by atoms with Crippen molar-refractivity contribution in [3.63, 3.8) is 0 Å². The molecule has 1 heterocycles. The standard InChI is InChI=1S/C16H23N3O3S/c1-6-19(11-14-9-17-18(4)10-14)23(20,21)16-8-7-15(22-5)12(2)13(16)3/h7-10H,6,11H2,1-5H3. The molecule has 0 aliphatic carbocycles. The number of aromatic nitrogens is 2. The maximum Gasteiger partial charge on any atom is 0.243 e. The summed E-state index contributed by atoms with van der Waals surface area (Å²) >= 11 is 0. The van der Waals surface area contributed by atoms with E-state index in [4.69, 9.17) is 4.74 Å². The monoisotopic (exact) mass is 337 g/mol. The zero-order valence-electron chi connectivity index (χ0n) is 14.2. The minimum atomic E-state index is -3.58. The average Bonchev–Trinajstić information content (AvgIpc) is 2.92. The van der Waals surface area contributed by atoms with Crippen LogP contribution in [0.3, 0.4) is 0 Å². The second kappa shape index (κ2) is 6.72. The lowest BCUT2D eigenvalue weighted by Gasteiger charge is -2.22. The smallest absolute Gasteiger partial charge is 0.243 e. The van der Waals surface area contributed by atoms with Crippen molar-refractivity contribution in [1.29, 1.82) is 0 Å². The molecule has 1 aromatic carbocycles. The average molecular weight is 337 g/mol. The third kappa shape index (κ3) is 3.40. The number of methoxy groups -OCH3 is 1. The van der Waals surface area contributed by atoms with Crippen molar-refractivity contribution in [1.82, 2.24) is 14.1 Å². The van der Waals surface area contributed by atoms with Gasteiger partial charge in [-0.2, -0.15) is 9.40 Å². The molecule has 0 aliphatic heterocycles. The summed E-state index contributed by atoms with van der Waals surface area (Å²) in [7, 11) is -0.187. The Kier molecular flexibility index (Phi) is 5.11. The first-order chi connectivity index (χ1) is 10.8. The van der Waals surface area contributed by atoms with Gasteiger partial charge in [0.15, 0.2) is 0 Å². The Bertz CT molecular complexity index is 797. The van der Waals surface area contributed by atoms with Crippen molar-refractivity contribution in [3.05, 3.63) is 41.2 Å². The molecule has 0 atom stereocenters. The quantitative estimate of drug-likeness (QED) is 0.811. The van der Waals surface area contributed by atoms with Crippen molar-refractivity contribution in [2.75, 3.05) is 13.7 Å².